The van der Waals surface area contributed by atoms with E-state index in [0.717, 1.165) is 12.0 Å². The Kier molecular flexibility index (Phi) is 7.49. The quantitative estimate of drug-likeness (QED) is 0.540. The van der Waals surface area contributed by atoms with Crippen molar-refractivity contribution in [3.8, 4) is 23.0 Å². The van der Waals surface area contributed by atoms with Crippen molar-refractivity contribution in [2.24, 2.45) is 5.10 Å². The molecule has 2 aromatic rings. The van der Waals surface area contributed by atoms with Crippen LogP contribution in [0.3, 0.4) is 0 Å². The number of ether oxygens (including phenoxy) is 4. The number of amides is 1. The fraction of sp³-hybridized carbons (Fsp3) is 0.300. The van der Waals surface area contributed by atoms with Gasteiger partial charge in [-0.3, -0.25) is 4.79 Å². The van der Waals surface area contributed by atoms with Crippen LogP contribution in [-0.4, -0.2) is 40.1 Å². The van der Waals surface area contributed by atoms with Gasteiger partial charge in [-0.1, -0.05) is 6.92 Å². The van der Waals surface area contributed by atoms with Gasteiger partial charge in [0.15, 0.2) is 23.0 Å². The smallest absolute Gasteiger partial charge is 0.271 e. The lowest BCUT2D eigenvalue weighted by Crippen LogP contribution is -2.17. The predicted molar refractivity (Wildman–Crippen MR) is 103 cm³/mol. The van der Waals surface area contributed by atoms with Crippen LogP contribution in [0.1, 0.15) is 29.3 Å². The van der Waals surface area contributed by atoms with E-state index in [1.54, 1.807) is 50.6 Å². The van der Waals surface area contributed by atoms with E-state index >= 15 is 0 Å². The molecule has 7 heteroatoms. The first-order valence-corrected chi connectivity index (χ1v) is 8.49. The maximum Gasteiger partial charge on any atom is 0.271 e. The highest BCUT2D eigenvalue weighted by Gasteiger charge is 2.11. The number of rotatable bonds is 9. The Morgan fingerprint density at radius 2 is 1.63 bits per heavy atom. The first kappa shape index (κ1) is 20.1. The van der Waals surface area contributed by atoms with Gasteiger partial charge in [-0.15, -0.1) is 0 Å². The van der Waals surface area contributed by atoms with Gasteiger partial charge in [-0.25, -0.2) is 5.43 Å². The molecule has 0 atom stereocenters. The minimum absolute atomic E-state index is 0.355. The Morgan fingerprint density at radius 1 is 0.963 bits per heavy atom. The first-order valence-electron chi connectivity index (χ1n) is 8.49. The number of hydrogen-bond donors (Lipinski definition) is 1. The molecule has 1 N–H and O–H groups in total. The van der Waals surface area contributed by atoms with Gasteiger partial charge in [0, 0.05) is 5.56 Å². The normalized spacial score (nSPS) is 10.5. The zero-order chi connectivity index (χ0) is 19.6. The molecule has 2 aromatic carbocycles. The van der Waals surface area contributed by atoms with E-state index < -0.39 is 0 Å². The van der Waals surface area contributed by atoms with Crippen molar-refractivity contribution in [2.75, 3.05) is 27.9 Å². The lowest BCUT2D eigenvalue weighted by molar-refractivity contribution is 0.0954. The van der Waals surface area contributed by atoms with Gasteiger partial charge in [-0.2, -0.15) is 5.10 Å². The minimum Gasteiger partial charge on any atom is -0.493 e. The summed E-state index contributed by atoms with van der Waals surface area (Å²) in [7, 11) is 4.66. The lowest BCUT2D eigenvalue weighted by atomic mass is 10.2. The van der Waals surface area contributed by atoms with Crippen LogP contribution < -0.4 is 24.4 Å². The fourth-order valence-electron chi connectivity index (χ4n) is 2.30. The van der Waals surface area contributed by atoms with E-state index in [9.17, 15) is 4.79 Å². The van der Waals surface area contributed by atoms with Crippen molar-refractivity contribution in [1.29, 1.82) is 0 Å². The molecule has 0 aliphatic heterocycles. The van der Waals surface area contributed by atoms with E-state index in [1.165, 1.54) is 13.3 Å². The van der Waals surface area contributed by atoms with Gasteiger partial charge in [0.2, 0.25) is 0 Å². The highest BCUT2D eigenvalue weighted by atomic mass is 16.5. The summed E-state index contributed by atoms with van der Waals surface area (Å²) in [5.74, 6) is 1.95. The molecule has 0 aromatic heterocycles. The number of hydrazone groups is 1. The molecule has 0 unspecified atom stereocenters. The molecular weight excluding hydrogens is 348 g/mol. The second-order valence-electron chi connectivity index (χ2n) is 5.53. The Hall–Kier alpha value is -3.22. The van der Waals surface area contributed by atoms with Crippen molar-refractivity contribution < 1.29 is 23.7 Å². The number of carbonyl (C=O) groups excluding carboxylic acids is 1. The molecule has 7 nitrogen and oxygen atoms in total. The van der Waals surface area contributed by atoms with E-state index in [0.29, 0.717) is 35.2 Å². The Labute approximate surface area is 158 Å². The topological polar surface area (TPSA) is 78.4 Å². The third-order valence-corrected chi connectivity index (χ3v) is 3.67. The summed E-state index contributed by atoms with van der Waals surface area (Å²) in [6.45, 7) is 2.60. The standard InChI is InChI=1S/C20H24N2O5/c1-5-10-27-17-9-7-15(12-19(17)26-4)20(23)22-21-13-14-6-8-16(24-2)18(11-14)25-3/h6-9,11-13H,5,10H2,1-4H3,(H,22,23)/b21-13-. The van der Waals surface area contributed by atoms with Crippen molar-refractivity contribution in [3.05, 3.63) is 47.5 Å². The highest BCUT2D eigenvalue weighted by molar-refractivity contribution is 5.95. The second kappa shape index (κ2) is 10.1. The molecule has 0 spiro atoms. The number of benzene rings is 2. The molecule has 0 saturated heterocycles. The van der Waals surface area contributed by atoms with Crippen LogP contribution in [0.25, 0.3) is 0 Å². The van der Waals surface area contributed by atoms with Crippen LogP contribution in [0.4, 0.5) is 0 Å². The minimum atomic E-state index is -0.355. The first-order chi connectivity index (χ1) is 13.1. The Morgan fingerprint density at radius 3 is 2.30 bits per heavy atom. The molecule has 0 radical (unpaired) electrons. The van der Waals surface area contributed by atoms with Crippen LogP contribution in [-0.2, 0) is 0 Å². The van der Waals surface area contributed by atoms with E-state index in [4.69, 9.17) is 18.9 Å². The average molecular weight is 372 g/mol. The van der Waals surface area contributed by atoms with Gasteiger partial charge in [0.1, 0.15) is 0 Å². The molecule has 0 fully saturated rings. The molecule has 0 saturated carbocycles. The van der Waals surface area contributed by atoms with Crippen molar-refractivity contribution >= 4 is 12.1 Å². The zero-order valence-electron chi connectivity index (χ0n) is 15.9. The third kappa shape index (κ3) is 5.37. The van der Waals surface area contributed by atoms with Crippen LogP contribution in [0, 0.1) is 0 Å². The summed E-state index contributed by atoms with van der Waals surface area (Å²) >= 11 is 0. The fourth-order valence-corrected chi connectivity index (χ4v) is 2.30. The van der Waals surface area contributed by atoms with Crippen LogP contribution in [0.5, 0.6) is 23.0 Å². The molecule has 144 valence electrons. The van der Waals surface area contributed by atoms with E-state index in [-0.39, 0.29) is 5.91 Å². The summed E-state index contributed by atoms with van der Waals surface area (Å²) in [5.41, 5.74) is 3.66. The summed E-state index contributed by atoms with van der Waals surface area (Å²) in [6, 6.07) is 10.3. The molecule has 2 rings (SSSR count). The SMILES string of the molecule is CCCOc1ccc(C(=O)N/N=C\c2ccc(OC)c(OC)c2)cc1OC. The zero-order valence-corrected chi connectivity index (χ0v) is 15.9. The predicted octanol–water partition coefficient (Wildman–Crippen LogP) is 3.27. The van der Waals surface area contributed by atoms with Crippen molar-refractivity contribution in [1.82, 2.24) is 5.43 Å². The number of methoxy groups -OCH3 is 3. The lowest BCUT2D eigenvalue weighted by Gasteiger charge is -2.11. The maximum atomic E-state index is 12.3. The monoisotopic (exact) mass is 372 g/mol. The summed E-state index contributed by atoms with van der Waals surface area (Å²) < 4.78 is 21.3. The summed E-state index contributed by atoms with van der Waals surface area (Å²) in [4.78, 5) is 12.3. The molecule has 27 heavy (non-hydrogen) atoms. The average Bonchev–Trinajstić information content (AvgIpc) is 2.71. The summed E-state index contributed by atoms with van der Waals surface area (Å²) in [6.07, 6.45) is 2.41. The van der Waals surface area contributed by atoms with Gasteiger partial charge in [0.05, 0.1) is 34.2 Å². The van der Waals surface area contributed by atoms with Gasteiger partial charge >= 0.3 is 0 Å². The Bertz CT molecular complexity index is 805. The Balaban J connectivity index is 2.05. The van der Waals surface area contributed by atoms with Crippen LogP contribution in [0.2, 0.25) is 0 Å². The van der Waals surface area contributed by atoms with Crippen LogP contribution >= 0.6 is 0 Å². The van der Waals surface area contributed by atoms with Crippen LogP contribution in [0.15, 0.2) is 41.5 Å². The molecule has 0 heterocycles. The number of nitrogens with zero attached hydrogens (tertiary/aromatic N) is 1. The van der Waals surface area contributed by atoms with Gasteiger partial charge in [-0.05, 0) is 48.4 Å². The number of hydrogen-bond acceptors (Lipinski definition) is 6. The van der Waals surface area contributed by atoms with Gasteiger partial charge in [0.25, 0.3) is 5.91 Å². The van der Waals surface area contributed by atoms with Gasteiger partial charge < -0.3 is 18.9 Å². The molecule has 0 bridgehead atoms. The molecule has 1 amide bonds. The van der Waals surface area contributed by atoms with E-state index in [1.807, 2.05) is 6.92 Å². The van der Waals surface area contributed by atoms with Crippen molar-refractivity contribution in [2.45, 2.75) is 13.3 Å². The van der Waals surface area contributed by atoms with Crippen molar-refractivity contribution in [3.63, 3.8) is 0 Å². The number of nitrogens with one attached hydrogen (secondary N) is 1. The molecule has 0 aliphatic rings. The highest BCUT2D eigenvalue weighted by Crippen LogP contribution is 2.28. The third-order valence-electron chi connectivity index (χ3n) is 3.67. The molecular formula is C20H24N2O5. The van der Waals surface area contributed by atoms with E-state index in [2.05, 4.69) is 10.5 Å². The number of carbonyl (C=O) groups is 1. The summed E-state index contributed by atoms with van der Waals surface area (Å²) in [5, 5.41) is 3.98. The maximum absolute atomic E-state index is 12.3. The largest absolute Gasteiger partial charge is 0.493 e. The molecule has 0 aliphatic carbocycles. The second-order valence-corrected chi connectivity index (χ2v) is 5.53.